The number of rotatable bonds is 9. The number of benzene rings is 2. The van der Waals surface area contributed by atoms with Crippen molar-refractivity contribution >= 4 is 33.9 Å². The molecule has 0 aliphatic rings. The Morgan fingerprint density at radius 1 is 1.23 bits per heavy atom. The topological polar surface area (TPSA) is 98.6 Å². The van der Waals surface area contributed by atoms with E-state index in [2.05, 4.69) is 15.9 Å². The smallest absolute Gasteiger partial charge is 0.248 e. The van der Waals surface area contributed by atoms with E-state index >= 15 is 0 Å². The molecule has 0 fully saturated rings. The van der Waals surface area contributed by atoms with Gasteiger partial charge in [0.05, 0.1) is 0 Å². The summed E-state index contributed by atoms with van der Waals surface area (Å²) < 4.78 is 33.2. The van der Waals surface area contributed by atoms with Crippen LogP contribution < -0.4 is 16.4 Å². The molecule has 0 aliphatic heterocycles. The molecule has 30 heavy (non-hydrogen) atoms. The molecule has 0 aromatic heterocycles. The number of halogens is 3. The molecular formula is C21H20BrF2N3O3. The highest BCUT2D eigenvalue weighted by Gasteiger charge is 2.14. The van der Waals surface area contributed by atoms with Gasteiger partial charge in [-0.05, 0) is 37.3 Å². The van der Waals surface area contributed by atoms with Gasteiger partial charge in [0.1, 0.15) is 24.0 Å². The van der Waals surface area contributed by atoms with Crippen LogP contribution in [0, 0.1) is 11.6 Å². The lowest BCUT2D eigenvalue weighted by Crippen LogP contribution is -2.26. The number of nitrogens with two attached hydrogens (primary N) is 2. The molecule has 0 saturated heterocycles. The van der Waals surface area contributed by atoms with Gasteiger partial charge in [0.15, 0.2) is 0 Å². The Morgan fingerprint density at radius 2 is 1.97 bits per heavy atom. The van der Waals surface area contributed by atoms with Gasteiger partial charge in [-0.15, -0.1) is 0 Å². The second-order valence-electron chi connectivity index (χ2n) is 6.15. The van der Waals surface area contributed by atoms with Crippen LogP contribution in [-0.2, 0) is 16.1 Å². The SMILES string of the molecule is C/C(Br)=C(\C=C(\CN)N(C=O)c1cccc(C(N)=O)c1)OCc1ccc(F)cc1F. The molecule has 2 rings (SSSR count). The Morgan fingerprint density at radius 3 is 2.53 bits per heavy atom. The zero-order chi connectivity index (χ0) is 22.3. The van der Waals surface area contributed by atoms with Crippen LogP contribution in [-0.4, -0.2) is 18.9 Å². The van der Waals surface area contributed by atoms with E-state index in [1.165, 1.54) is 29.2 Å². The van der Waals surface area contributed by atoms with Crippen molar-refractivity contribution in [1.82, 2.24) is 0 Å². The predicted octanol–water partition coefficient (Wildman–Crippen LogP) is 3.71. The van der Waals surface area contributed by atoms with E-state index in [1.54, 1.807) is 19.1 Å². The summed E-state index contributed by atoms with van der Waals surface area (Å²) in [6.45, 7) is 1.48. The highest BCUT2D eigenvalue weighted by Crippen LogP contribution is 2.23. The highest BCUT2D eigenvalue weighted by atomic mass is 79.9. The Kier molecular flexibility index (Phi) is 8.25. The van der Waals surface area contributed by atoms with Gasteiger partial charge in [-0.1, -0.05) is 22.0 Å². The van der Waals surface area contributed by atoms with E-state index in [9.17, 15) is 18.4 Å². The molecule has 0 aliphatic carbocycles. The molecule has 9 heteroatoms. The van der Waals surface area contributed by atoms with Crippen LogP contribution in [0.25, 0.3) is 0 Å². The maximum Gasteiger partial charge on any atom is 0.248 e. The number of amides is 2. The van der Waals surface area contributed by atoms with Crippen LogP contribution in [0.5, 0.6) is 0 Å². The predicted molar refractivity (Wildman–Crippen MR) is 113 cm³/mol. The van der Waals surface area contributed by atoms with Crippen LogP contribution in [0.2, 0.25) is 0 Å². The van der Waals surface area contributed by atoms with Crippen molar-refractivity contribution < 1.29 is 23.1 Å². The van der Waals surface area contributed by atoms with E-state index in [0.717, 1.165) is 12.1 Å². The number of anilines is 1. The fourth-order valence-corrected chi connectivity index (χ4v) is 2.75. The molecule has 0 heterocycles. The maximum absolute atomic E-state index is 13.9. The van der Waals surface area contributed by atoms with E-state index in [1.807, 2.05) is 0 Å². The quantitative estimate of drug-likeness (QED) is 0.325. The van der Waals surface area contributed by atoms with E-state index in [0.29, 0.717) is 22.3 Å². The Balaban J connectivity index is 2.33. The minimum absolute atomic E-state index is 0.0441. The Labute approximate surface area is 180 Å². The fourth-order valence-electron chi connectivity index (χ4n) is 2.52. The standard InChI is InChI=1S/C21H20BrF2N3O3/c1-13(22)20(30-11-15-5-6-16(23)8-19(15)24)9-18(10-25)27(12-28)17-4-2-3-14(7-17)21(26)29/h2-9,12H,10-11,25H2,1H3,(H2,26,29)/b18-9-,20-13-. The second kappa shape index (κ2) is 10.7. The highest BCUT2D eigenvalue weighted by molar-refractivity contribution is 9.11. The number of primary amides is 1. The van der Waals surface area contributed by atoms with Crippen LogP contribution in [0.1, 0.15) is 22.8 Å². The van der Waals surface area contributed by atoms with Crippen molar-refractivity contribution in [3.8, 4) is 0 Å². The lowest BCUT2D eigenvalue weighted by Gasteiger charge is -2.21. The third-order valence-corrected chi connectivity index (χ3v) is 4.46. The zero-order valence-corrected chi connectivity index (χ0v) is 17.7. The molecule has 0 saturated carbocycles. The van der Waals surface area contributed by atoms with Crippen molar-refractivity contribution in [3.63, 3.8) is 0 Å². The number of ether oxygens (including phenoxy) is 1. The molecule has 2 amide bonds. The van der Waals surface area contributed by atoms with Crippen LogP contribution >= 0.6 is 15.9 Å². The van der Waals surface area contributed by atoms with Crippen LogP contribution in [0.3, 0.4) is 0 Å². The number of hydrogen-bond donors (Lipinski definition) is 2. The fraction of sp³-hybridized carbons (Fsp3) is 0.143. The largest absolute Gasteiger partial charge is 0.488 e. The Bertz CT molecular complexity index is 1000. The first-order valence-corrected chi connectivity index (χ1v) is 9.54. The summed E-state index contributed by atoms with van der Waals surface area (Å²) in [6, 6.07) is 9.36. The van der Waals surface area contributed by atoms with Gasteiger partial charge in [-0.2, -0.15) is 0 Å². The molecule has 0 atom stereocenters. The summed E-state index contributed by atoms with van der Waals surface area (Å²) in [7, 11) is 0. The van der Waals surface area contributed by atoms with Crippen molar-refractivity contribution in [3.05, 3.63) is 87.2 Å². The molecule has 2 aromatic rings. The third kappa shape index (κ3) is 5.98. The lowest BCUT2D eigenvalue weighted by atomic mass is 10.1. The number of nitrogens with zero attached hydrogens (tertiary/aromatic N) is 1. The lowest BCUT2D eigenvalue weighted by molar-refractivity contribution is -0.107. The number of hydrogen-bond acceptors (Lipinski definition) is 4. The maximum atomic E-state index is 13.9. The van der Waals surface area contributed by atoms with E-state index < -0.39 is 17.5 Å². The average molecular weight is 480 g/mol. The van der Waals surface area contributed by atoms with Crippen molar-refractivity contribution in [1.29, 1.82) is 0 Å². The molecule has 4 N–H and O–H groups in total. The van der Waals surface area contributed by atoms with Crippen LogP contribution in [0.15, 0.2) is 64.5 Å². The summed E-state index contributed by atoms with van der Waals surface area (Å²) in [5.41, 5.74) is 12.2. The van der Waals surface area contributed by atoms with Crippen molar-refractivity contribution in [2.24, 2.45) is 11.5 Å². The third-order valence-electron chi connectivity index (χ3n) is 4.07. The van der Waals surface area contributed by atoms with E-state index in [-0.39, 0.29) is 30.0 Å². The minimum Gasteiger partial charge on any atom is -0.488 e. The molecular weight excluding hydrogens is 460 g/mol. The normalized spacial score (nSPS) is 12.2. The minimum atomic E-state index is -0.734. The molecule has 0 bridgehead atoms. The number of carbonyl (C=O) groups is 2. The molecule has 2 aromatic carbocycles. The molecule has 0 radical (unpaired) electrons. The summed E-state index contributed by atoms with van der Waals surface area (Å²) in [6.07, 6.45) is 2.05. The molecule has 158 valence electrons. The van der Waals surface area contributed by atoms with Gasteiger partial charge in [0, 0.05) is 45.7 Å². The van der Waals surface area contributed by atoms with Gasteiger partial charge in [-0.25, -0.2) is 8.78 Å². The number of allylic oxidation sites excluding steroid dienone is 2. The monoisotopic (exact) mass is 479 g/mol. The Hall–Kier alpha value is -3.04. The van der Waals surface area contributed by atoms with Gasteiger partial charge in [-0.3, -0.25) is 14.5 Å². The summed E-state index contributed by atoms with van der Waals surface area (Å²) >= 11 is 3.31. The van der Waals surface area contributed by atoms with Gasteiger partial charge < -0.3 is 16.2 Å². The molecule has 0 spiro atoms. The van der Waals surface area contributed by atoms with Crippen LogP contribution in [0.4, 0.5) is 14.5 Å². The van der Waals surface area contributed by atoms with Gasteiger partial charge in [0.25, 0.3) is 0 Å². The molecule has 6 nitrogen and oxygen atoms in total. The summed E-state index contributed by atoms with van der Waals surface area (Å²) in [5, 5.41) is 0. The van der Waals surface area contributed by atoms with Crippen molar-refractivity contribution in [2.45, 2.75) is 13.5 Å². The number of carbonyl (C=O) groups excluding carboxylic acids is 2. The zero-order valence-electron chi connectivity index (χ0n) is 16.1. The average Bonchev–Trinajstić information content (AvgIpc) is 2.71. The van der Waals surface area contributed by atoms with E-state index in [4.69, 9.17) is 16.2 Å². The van der Waals surface area contributed by atoms with Crippen molar-refractivity contribution in [2.75, 3.05) is 11.4 Å². The van der Waals surface area contributed by atoms with Gasteiger partial charge >= 0.3 is 0 Å². The van der Waals surface area contributed by atoms with Gasteiger partial charge in [0.2, 0.25) is 12.3 Å². The summed E-state index contributed by atoms with van der Waals surface area (Å²) in [4.78, 5) is 24.4. The first-order valence-electron chi connectivity index (χ1n) is 8.75. The summed E-state index contributed by atoms with van der Waals surface area (Å²) in [5.74, 6) is -1.77. The second-order valence-corrected chi connectivity index (χ2v) is 7.34. The first kappa shape index (κ1) is 23.2. The molecule has 0 unspecified atom stereocenters. The first-order chi connectivity index (χ1) is 14.3.